The van der Waals surface area contributed by atoms with Crippen LogP contribution in [0, 0.1) is 5.82 Å². The maximum absolute atomic E-state index is 14.2. The molecule has 2 heterocycles. The first-order valence-corrected chi connectivity index (χ1v) is 7.78. The van der Waals surface area contributed by atoms with Crippen molar-refractivity contribution in [2.24, 2.45) is 0 Å². The highest BCUT2D eigenvalue weighted by molar-refractivity contribution is 6.04. The van der Waals surface area contributed by atoms with Gasteiger partial charge in [-0.25, -0.2) is 4.39 Å². The van der Waals surface area contributed by atoms with Gasteiger partial charge in [0.1, 0.15) is 18.2 Å². The lowest BCUT2D eigenvalue weighted by Gasteiger charge is -2.34. The van der Waals surface area contributed by atoms with Gasteiger partial charge in [-0.1, -0.05) is 30.3 Å². The van der Waals surface area contributed by atoms with Crippen LogP contribution in [0.3, 0.4) is 0 Å². The van der Waals surface area contributed by atoms with Crippen LogP contribution < -0.4 is 10.1 Å². The van der Waals surface area contributed by atoms with E-state index in [9.17, 15) is 9.18 Å². The fourth-order valence-corrected chi connectivity index (χ4v) is 3.28. The number of halogens is 1. The number of nitrogens with one attached hydrogen (secondary N) is 1. The first kappa shape index (κ1) is 14.2. The molecule has 23 heavy (non-hydrogen) atoms. The highest BCUT2D eigenvalue weighted by Crippen LogP contribution is 2.35. The summed E-state index contributed by atoms with van der Waals surface area (Å²) in [5.74, 6) is 0.114. The van der Waals surface area contributed by atoms with Gasteiger partial charge in [0, 0.05) is 30.8 Å². The number of ether oxygens (including phenoxy) is 1. The summed E-state index contributed by atoms with van der Waals surface area (Å²) >= 11 is 0. The third kappa shape index (κ3) is 2.37. The number of carbonyl (C=O) groups is 1. The molecule has 1 amide bonds. The molecule has 1 N–H and O–H groups in total. The molecule has 2 aliphatic rings. The number of carbonyl (C=O) groups excluding carboxylic acids is 1. The summed E-state index contributed by atoms with van der Waals surface area (Å²) in [5.41, 5.74) is 1.47. The van der Waals surface area contributed by atoms with Crippen molar-refractivity contribution in [3.63, 3.8) is 0 Å². The third-order valence-electron chi connectivity index (χ3n) is 4.45. The van der Waals surface area contributed by atoms with E-state index in [2.05, 4.69) is 5.32 Å². The van der Waals surface area contributed by atoms with Crippen molar-refractivity contribution in [3.05, 3.63) is 53.8 Å². The van der Waals surface area contributed by atoms with E-state index in [0.29, 0.717) is 35.6 Å². The maximum Gasteiger partial charge on any atom is 0.258 e. The SMILES string of the molecule is O=C1c2c(cccc2-c2ccccc2F)OCC2CNCCN12. The molecule has 4 rings (SSSR count). The Morgan fingerprint density at radius 3 is 2.83 bits per heavy atom. The van der Waals surface area contributed by atoms with Crippen LogP contribution in [0.25, 0.3) is 11.1 Å². The molecule has 1 atom stereocenters. The molecule has 0 radical (unpaired) electrons. The van der Waals surface area contributed by atoms with Crippen LogP contribution in [0.1, 0.15) is 10.4 Å². The van der Waals surface area contributed by atoms with E-state index in [1.165, 1.54) is 6.07 Å². The van der Waals surface area contributed by atoms with Gasteiger partial charge in [0.2, 0.25) is 0 Å². The van der Waals surface area contributed by atoms with Gasteiger partial charge in [0.25, 0.3) is 5.91 Å². The number of hydrogen-bond donors (Lipinski definition) is 1. The molecule has 4 nitrogen and oxygen atoms in total. The van der Waals surface area contributed by atoms with Gasteiger partial charge in [-0.05, 0) is 12.1 Å². The molecule has 0 spiro atoms. The number of benzene rings is 2. The molecule has 1 saturated heterocycles. The molecule has 2 aromatic rings. The second kappa shape index (κ2) is 5.66. The van der Waals surface area contributed by atoms with Gasteiger partial charge in [-0.15, -0.1) is 0 Å². The lowest BCUT2D eigenvalue weighted by atomic mass is 9.97. The molecule has 5 heteroatoms. The topological polar surface area (TPSA) is 41.6 Å². The summed E-state index contributed by atoms with van der Waals surface area (Å²) in [5, 5.41) is 3.28. The molecule has 0 aliphatic carbocycles. The van der Waals surface area contributed by atoms with Crippen molar-refractivity contribution < 1.29 is 13.9 Å². The fraction of sp³-hybridized carbons (Fsp3) is 0.278. The summed E-state index contributed by atoms with van der Waals surface area (Å²) in [6, 6.07) is 11.9. The van der Waals surface area contributed by atoms with Gasteiger partial charge in [-0.2, -0.15) is 0 Å². The molecule has 1 fully saturated rings. The lowest BCUT2D eigenvalue weighted by Crippen LogP contribution is -2.54. The van der Waals surface area contributed by atoms with Crippen molar-refractivity contribution >= 4 is 5.91 Å². The minimum Gasteiger partial charge on any atom is -0.491 e. The number of nitrogens with zero attached hydrogens (tertiary/aromatic N) is 1. The summed E-state index contributed by atoms with van der Waals surface area (Å²) in [7, 11) is 0. The van der Waals surface area contributed by atoms with Gasteiger partial charge >= 0.3 is 0 Å². The molecule has 0 saturated carbocycles. The second-order valence-corrected chi connectivity index (χ2v) is 5.83. The van der Waals surface area contributed by atoms with E-state index in [1.54, 1.807) is 36.4 Å². The Kier molecular flexibility index (Phi) is 3.50. The predicted molar refractivity (Wildman–Crippen MR) is 85.0 cm³/mol. The number of piperazine rings is 1. The number of rotatable bonds is 1. The molecular weight excluding hydrogens is 295 g/mol. The van der Waals surface area contributed by atoms with Crippen molar-refractivity contribution in [1.29, 1.82) is 0 Å². The van der Waals surface area contributed by atoms with Crippen molar-refractivity contribution in [3.8, 4) is 16.9 Å². The first-order chi connectivity index (χ1) is 11.3. The van der Waals surface area contributed by atoms with E-state index in [0.717, 1.165) is 13.1 Å². The Morgan fingerprint density at radius 1 is 1.13 bits per heavy atom. The predicted octanol–water partition coefficient (Wildman–Crippen LogP) is 2.30. The molecule has 2 aliphatic heterocycles. The zero-order valence-electron chi connectivity index (χ0n) is 12.6. The summed E-state index contributed by atoms with van der Waals surface area (Å²) in [6.07, 6.45) is 0. The monoisotopic (exact) mass is 312 g/mol. The zero-order chi connectivity index (χ0) is 15.8. The van der Waals surface area contributed by atoms with Gasteiger partial charge in [-0.3, -0.25) is 4.79 Å². The van der Waals surface area contributed by atoms with E-state index < -0.39 is 0 Å². The highest BCUT2D eigenvalue weighted by atomic mass is 19.1. The van der Waals surface area contributed by atoms with E-state index >= 15 is 0 Å². The van der Waals surface area contributed by atoms with Gasteiger partial charge in [0.05, 0.1) is 11.6 Å². The Hall–Kier alpha value is -2.40. The lowest BCUT2D eigenvalue weighted by molar-refractivity contribution is 0.0607. The molecule has 0 aromatic heterocycles. The van der Waals surface area contributed by atoms with Gasteiger partial charge in [0.15, 0.2) is 0 Å². The maximum atomic E-state index is 14.2. The fourth-order valence-electron chi connectivity index (χ4n) is 3.28. The zero-order valence-corrected chi connectivity index (χ0v) is 12.6. The molecule has 1 unspecified atom stereocenters. The Bertz CT molecular complexity index is 762. The summed E-state index contributed by atoms with van der Waals surface area (Å²) in [4.78, 5) is 14.9. The minimum atomic E-state index is -0.338. The number of fused-ring (bicyclic) bond motifs is 2. The van der Waals surface area contributed by atoms with Crippen molar-refractivity contribution in [1.82, 2.24) is 10.2 Å². The average Bonchev–Trinajstić information content (AvgIpc) is 2.73. The largest absolute Gasteiger partial charge is 0.491 e. The highest BCUT2D eigenvalue weighted by Gasteiger charge is 2.34. The quantitative estimate of drug-likeness (QED) is 0.878. The van der Waals surface area contributed by atoms with Crippen LogP contribution in [0.2, 0.25) is 0 Å². The Labute approximate surface area is 133 Å². The summed E-state index contributed by atoms with van der Waals surface area (Å²) in [6.45, 7) is 2.57. The van der Waals surface area contributed by atoms with Gasteiger partial charge < -0.3 is 15.0 Å². The number of hydrogen-bond acceptors (Lipinski definition) is 3. The van der Waals surface area contributed by atoms with Crippen LogP contribution in [-0.2, 0) is 0 Å². The van der Waals surface area contributed by atoms with Crippen molar-refractivity contribution in [2.75, 3.05) is 26.2 Å². The Balaban J connectivity index is 1.87. The van der Waals surface area contributed by atoms with Crippen molar-refractivity contribution in [2.45, 2.75) is 6.04 Å². The van der Waals surface area contributed by atoms with Crippen LogP contribution >= 0.6 is 0 Å². The third-order valence-corrected chi connectivity index (χ3v) is 4.45. The van der Waals surface area contributed by atoms with Crippen LogP contribution in [-0.4, -0.2) is 43.1 Å². The minimum absolute atomic E-state index is 0.0112. The molecular formula is C18H17FN2O2. The smallest absolute Gasteiger partial charge is 0.258 e. The molecule has 2 aromatic carbocycles. The van der Waals surface area contributed by atoms with Crippen LogP contribution in [0.15, 0.2) is 42.5 Å². The summed E-state index contributed by atoms with van der Waals surface area (Å²) < 4.78 is 20.1. The standard InChI is InChI=1S/C18H17FN2O2/c19-15-6-2-1-4-13(15)14-5-3-7-16-17(14)18(22)21-9-8-20-10-12(21)11-23-16/h1-7,12,20H,8-11H2. The molecule has 0 bridgehead atoms. The van der Waals surface area contributed by atoms with Crippen LogP contribution in [0.5, 0.6) is 5.75 Å². The average molecular weight is 312 g/mol. The van der Waals surface area contributed by atoms with E-state index in [-0.39, 0.29) is 17.8 Å². The van der Waals surface area contributed by atoms with E-state index in [1.807, 2.05) is 4.90 Å². The normalized spacial score (nSPS) is 20.3. The Morgan fingerprint density at radius 2 is 1.96 bits per heavy atom. The van der Waals surface area contributed by atoms with Crippen LogP contribution in [0.4, 0.5) is 4.39 Å². The molecule has 118 valence electrons. The first-order valence-electron chi connectivity index (χ1n) is 7.78. The number of amides is 1. The van der Waals surface area contributed by atoms with E-state index in [4.69, 9.17) is 4.74 Å². The second-order valence-electron chi connectivity index (χ2n) is 5.83.